The van der Waals surface area contributed by atoms with Crippen molar-refractivity contribution in [3.05, 3.63) is 51.5 Å². The zero-order valence-corrected chi connectivity index (χ0v) is 13.0. The minimum atomic E-state index is -0.371. The molecule has 0 spiro atoms. The Morgan fingerprint density at radius 2 is 2.10 bits per heavy atom. The number of hydrogen-bond acceptors (Lipinski definition) is 3. The lowest BCUT2D eigenvalue weighted by Gasteiger charge is -2.12. The number of methoxy groups -OCH3 is 1. The van der Waals surface area contributed by atoms with Crippen LogP contribution in [0.4, 0.5) is 11.4 Å². The average Bonchev–Trinajstić information content (AvgIpc) is 2.41. The topological polar surface area (TPSA) is 64.3 Å². The van der Waals surface area contributed by atoms with Crippen molar-refractivity contribution in [2.45, 2.75) is 0 Å². The number of nitrogen functional groups attached to an aromatic ring is 1. The van der Waals surface area contributed by atoms with E-state index >= 15 is 0 Å². The van der Waals surface area contributed by atoms with Crippen LogP contribution in [0.15, 0.2) is 40.9 Å². The summed E-state index contributed by atoms with van der Waals surface area (Å²) in [5, 5.41) is 3.15. The van der Waals surface area contributed by atoms with Crippen LogP contribution in [0.5, 0.6) is 5.75 Å². The molecule has 0 bridgehead atoms. The maximum absolute atomic E-state index is 12.3. The highest BCUT2D eigenvalue weighted by Gasteiger charge is 2.16. The van der Waals surface area contributed by atoms with Gasteiger partial charge in [-0.1, -0.05) is 33.6 Å². The fourth-order valence-corrected chi connectivity index (χ4v) is 2.46. The molecule has 2 rings (SSSR count). The van der Waals surface area contributed by atoms with E-state index in [-0.39, 0.29) is 11.5 Å². The number of rotatable bonds is 3. The third kappa shape index (κ3) is 3.05. The zero-order valence-electron chi connectivity index (χ0n) is 10.6. The minimum Gasteiger partial charge on any atom is -0.496 e. The summed E-state index contributed by atoms with van der Waals surface area (Å²) >= 11 is 9.37. The monoisotopic (exact) mass is 354 g/mol. The van der Waals surface area contributed by atoms with E-state index in [2.05, 4.69) is 21.2 Å². The van der Waals surface area contributed by atoms with E-state index < -0.39 is 0 Å². The predicted octanol–water partition coefficient (Wildman–Crippen LogP) is 3.95. The van der Waals surface area contributed by atoms with Crippen LogP contribution in [-0.4, -0.2) is 13.0 Å². The second kappa shape index (κ2) is 6.15. The molecule has 20 heavy (non-hydrogen) atoms. The van der Waals surface area contributed by atoms with Crippen molar-refractivity contribution in [1.82, 2.24) is 0 Å². The molecule has 2 aromatic carbocycles. The van der Waals surface area contributed by atoms with Crippen LogP contribution in [0, 0.1) is 0 Å². The zero-order chi connectivity index (χ0) is 14.7. The molecule has 0 saturated heterocycles. The van der Waals surface area contributed by atoms with Gasteiger partial charge >= 0.3 is 0 Å². The predicted molar refractivity (Wildman–Crippen MR) is 84.5 cm³/mol. The second-order valence-corrected chi connectivity index (χ2v) is 5.33. The van der Waals surface area contributed by atoms with E-state index in [4.69, 9.17) is 22.1 Å². The highest BCUT2D eigenvalue weighted by Crippen LogP contribution is 2.29. The summed E-state index contributed by atoms with van der Waals surface area (Å²) < 4.78 is 5.98. The van der Waals surface area contributed by atoms with Gasteiger partial charge in [0, 0.05) is 10.2 Å². The fraction of sp³-hybridized carbons (Fsp3) is 0.0714. The molecule has 0 saturated carbocycles. The van der Waals surface area contributed by atoms with Gasteiger partial charge in [0.05, 0.1) is 17.8 Å². The molecule has 4 nitrogen and oxygen atoms in total. The molecular formula is C14H12BrClN2O2. The van der Waals surface area contributed by atoms with Gasteiger partial charge in [0.25, 0.3) is 5.91 Å². The quantitative estimate of drug-likeness (QED) is 0.820. The summed E-state index contributed by atoms with van der Waals surface area (Å²) in [6.45, 7) is 0. The molecule has 1 amide bonds. The van der Waals surface area contributed by atoms with Crippen LogP contribution in [0.25, 0.3) is 0 Å². The third-order valence-electron chi connectivity index (χ3n) is 2.68. The summed E-state index contributed by atoms with van der Waals surface area (Å²) in [6.07, 6.45) is 0. The Balaban J connectivity index is 2.33. The van der Waals surface area contributed by atoms with E-state index in [0.717, 1.165) is 4.47 Å². The second-order valence-electron chi connectivity index (χ2n) is 4.00. The van der Waals surface area contributed by atoms with Gasteiger partial charge in [-0.15, -0.1) is 0 Å². The lowest BCUT2D eigenvalue weighted by molar-refractivity contribution is 0.102. The normalized spacial score (nSPS) is 10.2. The SMILES string of the molecule is COc1cccc(N)c1C(=O)Nc1ccc(Br)cc1Cl. The largest absolute Gasteiger partial charge is 0.496 e. The first-order chi connectivity index (χ1) is 9.52. The smallest absolute Gasteiger partial charge is 0.261 e. The molecule has 104 valence electrons. The molecule has 0 radical (unpaired) electrons. The van der Waals surface area contributed by atoms with Gasteiger partial charge in [-0.3, -0.25) is 4.79 Å². The Kier molecular flexibility index (Phi) is 4.52. The molecule has 0 aromatic heterocycles. The van der Waals surface area contributed by atoms with Crippen LogP contribution < -0.4 is 15.8 Å². The molecule has 0 aliphatic heterocycles. The van der Waals surface area contributed by atoms with Crippen molar-refractivity contribution in [3.63, 3.8) is 0 Å². The van der Waals surface area contributed by atoms with Gasteiger partial charge in [0.15, 0.2) is 0 Å². The maximum atomic E-state index is 12.3. The van der Waals surface area contributed by atoms with Crippen molar-refractivity contribution in [2.75, 3.05) is 18.2 Å². The summed E-state index contributed by atoms with van der Waals surface area (Å²) in [7, 11) is 1.48. The molecule has 0 aliphatic rings. The van der Waals surface area contributed by atoms with E-state index in [1.54, 1.807) is 36.4 Å². The van der Waals surface area contributed by atoms with E-state index in [0.29, 0.717) is 22.1 Å². The molecule has 6 heteroatoms. The number of hydrogen-bond donors (Lipinski definition) is 2. The van der Waals surface area contributed by atoms with Crippen molar-refractivity contribution in [1.29, 1.82) is 0 Å². The number of benzene rings is 2. The van der Waals surface area contributed by atoms with Crippen molar-refractivity contribution in [2.24, 2.45) is 0 Å². The lowest BCUT2D eigenvalue weighted by atomic mass is 10.1. The number of anilines is 2. The number of nitrogens with one attached hydrogen (secondary N) is 1. The van der Waals surface area contributed by atoms with E-state index in [9.17, 15) is 4.79 Å². The Bertz CT molecular complexity index is 662. The summed E-state index contributed by atoms with van der Waals surface area (Å²) in [6, 6.07) is 10.2. The average molecular weight is 356 g/mol. The Morgan fingerprint density at radius 3 is 2.75 bits per heavy atom. The molecule has 0 heterocycles. The van der Waals surface area contributed by atoms with Crippen LogP contribution in [0.3, 0.4) is 0 Å². The van der Waals surface area contributed by atoms with Gasteiger partial charge in [0.2, 0.25) is 0 Å². The first-order valence-electron chi connectivity index (χ1n) is 5.72. The molecule has 0 fully saturated rings. The van der Waals surface area contributed by atoms with Gasteiger partial charge in [-0.2, -0.15) is 0 Å². The highest BCUT2D eigenvalue weighted by atomic mass is 79.9. The number of ether oxygens (including phenoxy) is 1. The number of carbonyl (C=O) groups is 1. The molecule has 3 N–H and O–H groups in total. The summed E-state index contributed by atoms with van der Waals surface area (Å²) in [5.74, 6) is 0.0416. The first-order valence-corrected chi connectivity index (χ1v) is 6.89. The van der Waals surface area contributed by atoms with Crippen LogP contribution in [0.2, 0.25) is 5.02 Å². The van der Waals surface area contributed by atoms with Crippen LogP contribution in [0.1, 0.15) is 10.4 Å². The summed E-state index contributed by atoms with van der Waals surface area (Å²) in [4.78, 5) is 12.3. The number of amides is 1. The molecule has 2 aromatic rings. The van der Waals surface area contributed by atoms with Crippen molar-refractivity contribution in [3.8, 4) is 5.75 Å². The fourth-order valence-electron chi connectivity index (χ4n) is 1.74. The maximum Gasteiger partial charge on any atom is 0.261 e. The van der Waals surface area contributed by atoms with Gasteiger partial charge in [0.1, 0.15) is 11.3 Å². The van der Waals surface area contributed by atoms with Crippen molar-refractivity contribution >= 4 is 44.8 Å². The number of nitrogens with two attached hydrogens (primary N) is 1. The number of carbonyl (C=O) groups excluding carboxylic acids is 1. The van der Waals surface area contributed by atoms with E-state index in [1.807, 2.05) is 0 Å². The first kappa shape index (κ1) is 14.7. The molecule has 0 atom stereocenters. The number of halogens is 2. The Labute approximate surface area is 130 Å². The highest BCUT2D eigenvalue weighted by molar-refractivity contribution is 9.10. The lowest BCUT2D eigenvalue weighted by Crippen LogP contribution is -2.15. The molecule has 0 aliphatic carbocycles. The Hall–Kier alpha value is -1.72. The van der Waals surface area contributed by atoms with Crippen LogP contribution in [-0.2, 0) is 0 Å². The van der Waals surface area contributed by atoms with E-state index in [1.165, 1.54) is 7.11 Å². The van der Waals surface area contributed by atoms with Gasteiger partial charge in [-0.05, 0) is 30.3 Å². The summed E-state index contributed by atoms with van der Waals surface area (Å²) in [5.41, 5.74) is 6.97. The third-order valence-corrected chi connectivity index (χ3v) is 3.49. The minimum absolute atomic E-state index is 0.286. The van der Waals surface area contributed by atoms with Crippen molar-refractivity contribution < 1.29 is 9.53 Å². The van der Waals surface area contributed by atoms with Crippen LogP contribution >= 0.6 is 27.5 Å². The van der Waals surface area contributed by atoms with Gasteiger partial charge in [-0.25, -0.2) is 0 Å². The standard InChI is InChI=1S/C14H12BrClN2O2/c1-20-12-4-2-3-10(17)13(12)14(19)18-11-6-5-8(15)7-9(11)16/h2-7H,17H2,1H3,(H,18,19). The molecule has 0 unspecified atom stereocenters. The molecular weight excluding hydrogens is 344 g/mol. The Morgan fingerprint density at radius 1 is 1.35 bits per heavy atom. The van der Waals surface area contributed by atoms with Gasteiger partial charge < -0.3 is 15.8 Å².